The average Bonchev–Trinajstić information content (AvgIpc) is 2.98. The molecule has 0 saturated carbocycles. The monoisotopic (exact) mass is 262 g/mol. The fraction of sp³-hybridized carbons (Fsp3) is 0.667. The van der Waals surface area contributed by atoms with Gasteiger partial charge < -0.3 is 14.6 Å². The van der Waals surface area contributed by atoms with E-state index >= 15 is 0 Å². The maximum absolute atomic E-state index is 12.6. The van der Waals surface area contributed by atoms with Crippen LogP contribution in [0.4, 0.5) is 0 Å². The first-order valence-electron chi connectivity index (χ1n) is 7.36. The van der Waals surface area contributed by atoms with Crippen LogP contribution in [0.1, 0.15) is 42.2 Å². The molecule has 0 aromatic carbocycles. The molecule has 3 rings (SSSR count). The van der Waals surface area contributed by atoms with Crippen molar-refractivity contribution >= 4 is 5.78 Å². The van der Waals surface area contributed by atoms with E-state index in [0.717, 1.165) is 51.1 Å². The van der Waals surface area contributed by atoms with Gasteiger partial charge in [0.2, 0.25) is 0 Å². The Hall–Kier alpha value is -1.13. The Morgan fingerprint density at radius 3 is 2.89 bits per heavy atom. The first kappa shape index (κ1) is 12.9. The summed E-state index contributed by atoms with van der Waals surface area (Å²) in [6, 6.07) is 4.44. The van der Waals surface area contributed by atoms with E-state index in [2.05, 4.69) is 16.1 Å². The number of piperidine rings is 1. The summed E-state index contributed by atoms with van der Waals surface area (Å²) < 4.78 is 7.64. The van der Waals surface area contributed by atoms with Crippen molar-refractivity contribution in [1.82, 2.24) is 9.88 Å². The minimum absolute atomic E-state index is 0.0594. The SMILES string of the molecule is O=C(c1cccn1C1CCNCC1)C1CCCOC1. The average molecular weight is 262 g/mol. The predicted molar refractivity (Wildman–Crippen MR) is 73.4 cm³/mol. The van der Waals surface area contributed by atoms with Gasteiger partial charge in [0.15, 0.2) is 5.78 Å². The number of nitrogens with zero attached hydrogens (tertiary/aromatic N) is 1. The molecule has 2 aliphatic heterocycles. The minimum Gasteiger partial charge on any atom is -0.381 e. The second kappa shape index (κ2) is 5.88. The standard InChI is InChI=1S/C15H22N2O2/c18-15(12-3-2-10-19-11-12)14-4-1-9-17(14)13-5-7-16-8-6-13/h1,4,9,12-13,16H,2-3,5-8,10-11H2. The summed E-state index contributed by atoms with van der Waals surface area (Å²) in [5.41, 5.74) is 0.877. The number of nitrogens with one attached hydrogen (secondary N) is 1. The van der Waals surface area contributed by atoms with Gasteiger partial charge in [-0.05, 0) is 50.9 Å². The quantitative estimate of drug-likeness (QED) is 0.848. The Kier molecular flexibility index (Phi) is 3.99. The van der Waals surface area contributed by atoms with E-state index < -0.39 is 0 Å². The first-order chi connectivity index (χ1) is 9.36. The van der Waals surface area contributed by atoms with Crippen molar-refractivity contribution in [3.05, 3.63) is 24.0 Å². The molecule has 0 radical (unpaired) electrons. The van der Waals surface area contributed by atoms with E-state index in [1.807, 2.05) is 12.1 Å². The van der Waals surface area contributed by atoms with Crippen LogP contribution in [0.3, 0.4) is 0 Å². The van der Waals surface area contributed by atoms with Gasteiger partial charge in [0.05, 0.1) is 12.3 Å². The zero-order chi connectivity index (χ0) is 13.1. The van der Waals surface area contributed by atoms with Crippen LogP contribution in [0.5, 0.6) is 0 Å². The molecule has 4 nitrogen and oxygen atoms in total. The second-order valence-corrected chi connectivity index (χ2v) is 5.56. The Morgan fingerprint density at radius 2 is 2.16 bits per heavy atom. The number of hydrogen-bond acceptors (Lipinski definition) is 3. The minimum atomic E-state index is 0.0594. The molecule has 0 bridgehead atoms. The summed E-state index contributed by atoms with van der Waals surface area (Å²) in [5, 5.41) is 3.37. The molecule has 2 saturated heterocycles. The van der Waals surface area contributed by atoms with Gasteiger partial charge in [-0.15, -0.1) is 0 Å². The molecular weight excluding hydrogens is 240 g/mol. The van der Waals surface area contributed by atoms with Crippen molar-refractivity contribution in [2.75, 3.05) is 26.3 Å². The lowest BCUT2D eigenvalue weighted by Gasteiger charge is -2.27. The lowest BCUT2D eigenvalue weighted by molar-refractivity contribution is 0.0453. The van der Waals surface area contributed by atoms with Gasteiger partial charge in [0, 0.05) is 24.8 Å². The smallest absolute Gasteiger partial charge is 0.184 e. The molecule has 3 heterocycles. The Balaban J connectivity index is 1.76. The molecule has 104 valence electrons. The van der Waals surface area contributed by atoms with Gasteiger partial charge >= 0.3 is 0 Å². The van der Waals surface area contributed by atoms with Gasteiger partial charge in [-0.1, -0.05) is 0 Å². The first-order valence-corrected chi connectivity index (χ1v) is 7.36. The van der Waals surface area contributed by atoms with Crippen molar-refractivity contribution in [3.63, 3.8) is 0 Å². The summed E-state index contributed by atoms with van der Waals surface area (Å²) in [6.07, 6.45) is 6.25. The zero-order valence-electron chi connectivity index (χ0n) is 11.3. The lowest BCUT2D eigenvalue weighted by atomic mass is 9.95. The zero-order valence-corrected chi connectivity index (χ0v) is 11.3. The molecule has 1 unspecified atom stereocenters. The number of ether oxygens (including phenoxy) is 1. The van der Waals surface area contributed by atoms with E-state index in [4.69, 9.17) is 4.74 Å². The highest BCUT2D eigenvalue weighted by Crippen LogP contribution is 2.25. The molecule has 2 aliphatic rings. The van der Waals surface area contributed by atoms with Crippen molar-refractivity contribution in [2.45, 2.75) is 31.7 Å². The van der Waals surface area contributed by atoms with Crippen LogP contribution in [-0.2, 0) is 4.74 Å². The number of rotatable bonds is 3. The molecule has 1 atom stereocenters. The van der Waals surface area contributed by atoms with E-state index in [1.54, 1.807) is 0 Å². The summed E-state index contributed by atoms with van der Waals surface area (Å²) >= 11 is 0. The van der Waals surface area contributed by atoms with E-state index in [9.17, 15) is 4.79 Å². The van der Waals surface area contributed by atoms with Gasteiger partial charge in [0.25, 0.3) is 0 Å². The van der Waals surface area contributed by atoms with Crippen LogP contribution in [0.25, 0.3) is 0 Å². The van der Waals surface area contributed by atoms with Crippen LogP contribution in [-0.4, -0.2) is 36.7 Å². The molecule has 1 aromatic rings. The molecule has 0 aliphatic carbocycles. The highest BCUT2D eigenvalue weighted by Gasteiger charge is 2.27. The number of aromatic nitrogens is 1. The maximum Gasteiger partial charge on any atom is 0.184 e. The predicted octanol–water partition coefficient (Wildman–Crippen LogP) is 2.02. The van der Waals surface area contributed by atoms with Crippen molar-refractivity contribution in [2.24, 2.45) is 5.92 Å². The highest BCUT2D eigenvalue weighted by atomic mass is 16.5. The Morgan fingerprint density at radius 1 is 1.32 bits per heavy atom. The van der Waals surface area contributed by atoms with E-state index in [1.165, 1.54) is 0 Å². The summed E-state index contributed by atoms with van der Waals surface area (Å²) in [6.45, 7) is 3.49. The van der Waals surface area contributed by atoms with Crippen LogP contribution in [0.2, 0.25) is 0 Å². The van der Waals surface area contributed by atoms with Crippen molar-refractivity contribution in [1.29, 1.82) is 0 Å². The van der Waals surface area contributed by atoms with E-state index in [0.29, 0.717) is 12.6 Å². The fourth-order valence-corrected chi connectivity index (χ4v) is 3.16. The van der Waals surface area contributed by atoms with Crippen LogP contribution < -0.4 is 5.32 Å². The number of carbonyl (C=O) groups excluding carboxylic acids is 1. The highest BCUT2D eigenvalue weighted by molar-refractivity contribution is 5.96. The molecular formula is C15H22N2O2. The third-order valence-corrected chi connectivity index (χ3v) is 4.26. The van der Waals surface area contributed by atoms with Crippen LogP contribution in [0, 0.1) is 5.92 Å². The lowest BCUT2D eigenvalue weighted by Crippen LogP contribution is -2.32. The van der Waals surface area contributed by atoms with Gasteiger partial charge in [0.1, 0.15) is 0 Å². The molecule has 2 fully saturated rings. The normalized spacial score (nSPS) is 25.4. The maximum atomic E-state index is 12.6. The summed E-state index contributed by atoms with van der Waals surface area (Å²) in [5.74, 6) is 0.326. The van der Waals surface area contributed by atoms with Gasteiger partial charge in [-0.3, -0.25) is 4.79 Å². The second-order valence-electron chi connectivity index (χ2n) is 5.56. The van der Waals surface area contributed by atoms with Crippen molar-refractivity contribution in [3.8, 4) is 0 Å². The number of carbonyl (C=O) groups is 1. The fourth-order valence-electron chi connectivity index (χ4n) is 3.16. The topological polar surface area (TPSA) is 43.3 Å². The Bertz CT molecular complexity index is 429. The third-order valence-electron chi connectivity index (χ3n) is 4.26. The summed E-state index contributed by atoms with van der Waals surface area (Å²) in [7, 11) is 0. The van der Waals surface area contributed by atoms with Crippen LogP contribution in [0.15, 0.2) is 18.3 Å². The molecule has 4 heteroatoms. The molecule has 0 spiro atoms. The largest absolute Gasteiger partial charge is 0.381 e. The van der Waals surface area contributed by atoms with Crippen molar-refractivity contribution < 1.29 is 9.53 Å². The van der Waals surface area contributed by atoms with E-state index in [-0.39, 0.29) is 11.7 Å². The third kappa shape index (κ3) is 2.74. The molecule has 19 heavy (non-hydrogen) atoms. The number of ketones is 1. The molecule has 1 N–H and O–H groups in total. The number of hydrogen-bond donors (Lipinski definition) is 1. The summed E-state index contributed by atoms with van der Waals surface area (Å²) in [4.78, 5) is 12.6. The number of Topliss-reactive ketones (excluding diaryl/α,β-unsaturated/α-hetero) is 1. The van der Waals surface area contributed by atoms with Gasteiger partial charge in [-0.25, -0.2) is 0 Å². The Labute approximate surface area is 114 Å². The molecule has 1 aromatic heterocycles. The molecule has 0 amide bonds. The van der Waals surface area contributed by atoms with Crippen LogP contribution >= 0.6 is 0 Å². The van der Waals surface area contributed by atoms with Gasteiger partial charge in [-0.2, -0.15) is 0 Å².